The monoisotopic (exact) mass is 326 g/mol. The van der Waals surface area contributed by atoms with Crippen LogP contribution in [0.2, 0.25) is 0 Å². The quantitative estimate of drug-likeness (QED) is 0.599. The average molecular weight is 326 g/mol. The molecule has 0 aliphatic carbocycles. The van der Waals surface area contributed by atoms with Gasteiger partial charge in [0.2, 0.25) is 5.91 Å². The normalized spacial score (nSPS) is 10.6. The second-order valence-corrected chi connectivity index (χ2v) is 5.24. The Morgan fingerprint density at radius 1 is 1.17 bits per heavy atom. The van der Waals surface area contributed by atoms with E-state index in [0.717, 1.165) is 29.0 Å². The lowest BCUT2D eigenvalue weighted by Crippen LogP contribution is -2.19. The number of nitrogens with zero attached hydrogens (tertiary/aromatic N) is 1. The van der Waals surface area contributed by atoms with Crippen LogP contribution in [0.15, 0.2) is 53.6 Å². The largest absolute Gasteiger partial charge is 0.497 e. The van der Waals surface area contributed by atoms with Gasteiger partial charge in [0.05, 0.1) is 26.4 Å². The number of carbonyl (C=O) groups is 1. The number of rotatable bonds is 8. The second-order valence-electron chi connectivity index (χ2n) is 5.24. The number of hydrogen-bond donors (Lipinski definition) is 1. The van der Waals surface area contributed by atoms with Crippen LogP contribution in [-0.4, -0.2) is 25.8 Å². The lowest BCUT2D eigenvalue weighted by atomic mass is 10.1. The zero-order valence-corrected chi connectivity index (χ0v) is 14.0. The van der Waals surface area contributed by atoms with Crippen LogP contribution in [0.4, 0.5) is 0 Å². The molecule has 2 rings (SSSR count). The van der Waals surface area contributed by atoms with E-state index >= 15 is 0 Å². The van der Waals surface area contributed by atoms with E-state index in [1.807, 2.05) is 48.5 Å². The van der Waals surface area contributed by atoms with E-state index in [1.54, 1.807) is 13.3 Å². The van der Waals surface area contributed by atoms with Crippen molar-refractivity contribution in [3.63, 3.8) is 0 Å². The lowest BCUT2D eigenvalue weighted by Gasteiger charge is -2.05. The molecule has 5 heteroatoms. The van der Waals surface area contributed by atoms with Crippen LogP contribution < -0.4 is 14.9 Å². The van der Waals surface area contributed by atoms with Gasteiger partial charge in [0.1, 0.15) is 11.5 Å². The average Bonchev–Trinajstić information content (AvgIpc) is 2.61. The van der Waals surface area contributed by atoms with Gasteiger partial charge in [0.25, 0.3) is 0 Å². The number of methoxy groups -OCH3 is 1. The summed E-state index contributed by atoms with van der Waals surface area (Å²) in [7, 11) is 1.61. The van der Waals surface area contributed by atoms with E-state index in [4.69, 9.17) is 9.47 Å². The minimum Gasteiger partial charge on any atom is -0.497 e. The van der Waals surface area contributed by atoms with E-state index in [1.165, 1.54) is 0 Å². The van der Waals surface area contributed by atoms with Gasteiger partial charge in [-0.1, -0.05) is 31.2 Å². The first kappa shape index (κ1) is 17.5. The fraction of sp³-hybridized carbons (Fsp3) is 0.263. The first-order chi connectivity index (χ1) is 11.7. The number of hydrogen-bond acceptors (Lipinski definition) is 4. The Bertz CT molecular complexity index is 681. The highest BCUT2D eigenvalue weighted by atomic mass is 16.5. The van der Waals surface area contributed by atoms with Crippen molar-refractivity contribution in [2.75, 3.05) is 13.7 Å². The van der Waals surface area contributed by atoms with Crippen LogP contribution in [0.5, 0.6) is 11.5 Å². The molecule has 0 aliphatic rings. The molecule has 1 amide bonds. The van der Waals surface area contributed by atoms with E-state index in [9.17, 15) is 4.79 Å². The van der Waals surface area contributed by atoms with Gasteiger partial charge in [-0.3, -0.25) is 4.79 Å². The molecule has 0 aliphatic heterocycles. The molecule has 24 heavy (non-hydrogen) atoms. The first-order valence-corrected chi connectivity index (χ1v) is 7.89. The third kappa shape index (κ3) is 5.76. The van der Waals surface area contributed by atoms with Crippen molar-refractivity contribution in [3.05, 3.63) is 59.7 Å². The van der Waals surface area contributed by atoms with Crippen LogP contribution in [0.3, 0.4) is 0 Å². The van der Waals surface area contributed by atoms with Gasteiger partial charge in [-0.05, 0) is 41.8 Å². The summed E-state index contributed by atoms with van der Waals surface area (Å²) in [6.07, 6.45) is 2.82. The standard InChI is InChI=1S/C19H22N2O3/c1-3-11-24-18-6-4-5-16(12-18)14-20-21-19(22)13-15-7-9-17(23-2)10-8-15/h4-10,12,14H,3,11,13H2,1-2H3,(H,21,22)/b20-14-. The summed E-state index contributed by atoms with van der Waals surface area (Å²) in [6, 6.07) is 14.9. The number of ether oxygens (including phenoxy) is 2. The Labute approximate surface area is 142 Å². The van der Waals surface area contributed by atoms with Crippen molar-refractivity contribution in [1.82, 2.24) is 5.43 Å². The molecule has 0 unspecified atom stereocenters. The third-order valence-corrected chi connectivity index (χ3v) is 3.26. The number of benzene rings is 2. The topological polar surface area (TPSA) is 59.9 Å². The van der Waals surface area contributed by atoms with Crippen molar-refractivity contribution < 1.29 is 14.3 Å². The highest BCUT2D eigenvalue weighted by Gasteiger charge is 2.02. The summed E-state index contributed by atoms with van der Waals surface area (Å²) >= 11 is 0. The summed E-state index contributed by atoms with van der Waals surface area (Å²) in [5.74, 6) is 1.39. The molecule has 2 aromatic rings. The van der Waals surface area contributed by atoms with Crippen molar-refractivity contribution in [2.45, 2.75) is 19.8 Å². The van der Waals surface area contributed by atoms with Crippen LogP contribution in [0.25, 0.3) is 0 Å². The van der Waals surface area contributed by atoms with Crippen LogP contribution in [-0.2, 0) is 11.2 Å². The maximum Gasteiger partial charge on any atom is 0.244 e. The van der Waals surface area contributed by atoms with Gasteiger partial charge in [-0.15, -0.1) is 0 Å². The van der Waals surface area contributed by atoms with Crippen molar-refractivity contribution in [2.24, 2.45) is 5.10 Å². The Kier molecular flexibility index (Phi) is 6.83. The predicted molar refractivity (Wildman–Crippen MR) is 94.7 cm³/mol. The summed E-state index contributed by atoms with van der Waals surface area (Å²) in [5.41, 5.74) is 4.30. The molecule has 0 heterocycles. The predicted octanol–water partition coefficient (Wildman–Crippen LogP) is 3.18. The molecular weight excluding hydrogens is 304 g/mol. The van der Waals surface area contributed by atoms with E-state index in [0.29, 0.717) is 6.61 Å². The first-order valence-electron chi connectivity index (χ1n) is 7.89. The van der Waals surface area contributed by atoms with E-state index in [2.05, 4.69) is 17.5 Å². The van der Waals surface area contributed by atoms with Crippen molar-refractivity contribution in [1.29, 1.82) is 0 Å². The van der Waals surface area contributed by atoms with Gasteiger partial charge in [0.15, 0.2) is 0 Å². The summed E-state index contributed by atoms with van der Waals surface area (Å²) < 4.78 is 10.6. The summed E-state index contributed by atoms with van der Waals surface area (Å²) in [4.78, 5) is 11.9. The van der Waals surface area contributed by atoms with Crippen molar-refractivity contribution >= 4 is 12.1 Å². The van der Waals surface area contributed by atoms with Gasteiger partial charge < -0.3 is 9.47 Å². The molecule has 0 fully saturated rings. The zero-order valence-electron chi connectivity index (χ0n) is 14.0. The number of hydrazone groups is 1. The molecule has 0 saturated carbocycles. The molecule has 0 aromatic heterocycles. The van der Waals surface area contributed by atoms with Crippen LogP contribution in [0.1, 0.15) is 24.5 Å². The number of amides is 1. The fourth-order valence-electron chi connectivity index (χ4n) is 2.05. The second kappa shape index (κ2) is 9.35. The van der Waals surface area contributed by atoms with Gasteiger partial charge in [-0.25, -0.2) is 5.43 Å². The number of nitrogens with one attached hydrogen (secondary N) is 1. The van der Waals surface area contributed by atoms with Gasteiger partial charge >= 0.3 is 0 Å². The Hall–Kier alpha value is -2.82. The minimum absolute atomic E-state index is 0.171. The van der Waals surface area contributed by atoms with Crippen molar-refractivity contribution in [3.8, 4) is 11.5 Å². The molecule has 2 aromatic carbocycles. The van der Waals surface area contributed by atoms with E-state index in [-0.39, 0.29) is 12.3 Å². The minimum atomic E-state index is -0.171. The molecule has 0 bridgehead atoms. The molecular formula is C19H22N2O3. The Morgan fingerprint density at radius 3 is 2.67 bits per heavy atom. The maximum absolute atomic E-state index is 11.9. The van der Waals surface area contributed by atoms with E-state index < -0.39 is 0 Å². The molecule has 0 saturated heterocycles. The Balaban J connectivity index is 1.85. The number of carbonyl (C=O) groups excluding carboxylic acids is 1. The van der Waals surface area contributed by atoms with Gasteiger partial charge in [-0.2, -0.15) is 5.10 Å². The molecule has 0 radical (unpaired) electrons. The summed E-state index contributed by atoms with van der Waals surface area (Å²) in [5, 5.41) is 3.99. The highest BCUT2D eigenvalue weighted by molar-refractivity contribution is 5.83. The summed E-state index contributed by atoms with van der Waals surface area (Å²) in [6.45, 7) is 2.74. The maximum atomic E-state index is 11.9. The molecule has 1 N–H and O–H groups in total. The molecule has 0 atom stereocenters. The van der Waals surface area contributed by atoms with Crippen LogP contribution >= 0.6 is 0 Å². The lowest BCUT2D eigenvalue weighted by molar-refractivity contribution is -0.120. The van der Waals surface area contributed by atoms with Gasteiger partial charge in [0, 0.05) is 0 Å². The Morgan fingerprint density at radius 2 is 1.96 bits per heavy atom. The molecule has 126 valence electrons. The molecule has 5 nitrogen and oxygen atoms in total. The molecule has 0 spiro atoms. The van der Waals surface area contributed by atoms with Crippen LogP contribution in [0, 0.1) is 0 Å². The smallest absolute Gasteiger partial charge is 0.244 e. The SMILES string of the molecule is CCCOc1cccc(/C=N\NC(=O)Cc2ccc(OC)cc2)c1. The fourth-order valence-corrected chi connectivity index (χ4v) is 2.05. The third-order valence-electron chi connectivity index (χ3n) is 3.26. The zero-order chi connectivity index (χ0) is 17.2. The highest BCUT2D eigenvalue weighted by Crippen LogP contribution is 2.13.